The quantitative estimate of drug-likeness (QED) is 0.759. The van der Waals surface area contributed by atoms with Crippen molar-refractivity contribution in [3.05, 3.63) is 48.5 Å². The molecule has 0 aliphatic rings. The van der Waals surface area contributed by atoms with Crippen LogP contribution < -0.4 is 4.74 Å². The van der Waals surface area contributed by atoms with Crippen LogP contribution in [0.5, 0.6) is 5.75 Å². The first-order chi connectivity index (χ1) is 8.75. The molecule has 0 amide bonds. The zero-order valence-corrected chi connectivity index (χ0v) is 10.4. The summed E-state index contributed by atoms with van der Waals surface area (Å²) in [5.41, 5.74) is 1.21. The maximum absolute atomic E-state index is 11.6. The zero-order chi connectivity index (χ0) is 12.8. The highest BCUT2D eigenvalue weighted by Gasteiger charge is 2.03. The summed E-state index contributed by atoms with van der Waals surface area (Å²) < 4.78 is 7.04. The van der Waals surface area contributed by atoms with Gasteiger partial charge in [0.15, 0.2) is 0 Å². The Morgan fingerprint density at radius 1 is 1.33 bits per heavy atom. The third-order valence-corrected chi connectivity index (χ3v) is 2.62. The molecule has 0 radical (unpaired) electrons. The predicted octanol–water partition coefficient (Wildman–Crippen LogP) is 2.69. The Kier molecular flexibility index (Phi) is 4.12. The molecule has 0 bridgehead atoms. The van der Waals surface area contributed by atoms with E-state index >= 15 is 0 Å². The van der Waals surface area contributed by atoms with Crippen molar-refractivity contribution in [1.82, 2.24) is 9.55 Å². The lowest BCUT2D eigenvalue weighted by Gasteiger charge is -2.06. The van der Waals surface area contributed by atoms with E-state index in [1.54, 1.807) is 12.4 Å². The third kappa shape index (κ3) is 3.45. The standard InChI is InChI=1S/C14H16N2O2/c1-12-4-6-13(7-5-12)18-10-2-3-14(17)16-9-8-15-11-16/h4-9,11H,2-3,10H2,1H3. The summed E-state index contributed by atoms with van der Waals surface area (Å²) in [5.74, 6) is 0.885. The fraction of sp³-hybridized carbons (Fsp3) is 0.286. The highest BCUT2D eigenvalue weighted by molar-refractivity contribution is 5.78. The molecule has 0 atom stereocenters. The summed E-state index contributed by atoms with van der Waals surface area (Å²) in [4.78, 5) is 15.5. The monoisotopic (exact) mass is 244 g/mol. The Hall–Kier alpha value is -2.10. The fourth-order valence-corrected chi connectivity index (χ4v) is 1.58. The van der Waals surface area contributed by atoms with E-state index in [0.29, 0.717) is 19.4 Å². The van der Waals surface area contributed by atoms with Gasteiger partial charge in [-0.1, -0.05) is 17.7 Å². The van der Waals surface area contributed by atoms with E-state index in [9.17, 15) is 4.79 Å². The minimum Gasteiger partial charge on any atom is -0.494 e. The molecule has 0 saturated carbocycles. The van der Waals surface area contributed by atoms with Crippen molar-refractivity contribution >= 4 is 5.91 Å². The molecule has 94 valence electrons. The van der Waals surface area contributed by atoms with Gasteiger partial charge >= 0.3 is 0 Å². The van der Waals surface area contributed by atoms with Gasteiger partial charge in [-0.3, -0.25) is 9.36 Å². The van der Waals surface area contributed by atoms with Gasteiger partial charge < -0.3 is 4.74 Å². The Labute approximate surface area is 106 Å². The molecule has 1 heterocycles. The molecule has 4 nitrogen and oxygen atoms in total. The second kappa shape index (κ2) is 6.00. The number of nitrogens with zero attached hydrogens (tertiary/aromatic N) is 2. The van der Waals surface area contributed by atoms with Gasteiger partial charge in [0, 0.05) is 18.8 Å². The van der Waals surface area contributed by atoms with Gasteiger partial charge in [-0.25, -0.2) is 4.98 Å². The third-order valence-electron chi connectivity index (χ3n) is 2.62. The first-order valence-electron chi connectivity index (χ1n) is 5.96. The average molecular weight is 244 g/mol. The normalized spacial score (nSPS) is 10.3. The molecule has 0 fully saturated rings. The number of hydrogen-bond donors (Lipinski definition) is 0. The van der Waals surface area contributed by atoms with Crippen molar-refractivity contribution < 1.29 is 9.53 Å². The fourth-order valence-electron chi connectivity index (χ4n) is 1.58. The van der Waals surface area contributed by atoms with E-state index in [0.717, 1.165) is 5.75 Å². The first kappa shape index (κ1) is 12.4. The van der Waals surface area contributed by atoms with Crippen LogP contribution >= 0.6 is 0 Å². The van der Waals surface area contributed by atoms with E-state index < -0.39 is 0 Å². The van der Waals surface area contributed by atoms with Crippen molar-refractivity contribution in [2.24, 2.45) is 0 Å². The molecule has 0 N–H and O–H groups in total. The van der Waals surface area contributed by atoms with E-state index in [1.165, 1.54) is 16.5 Å². The van der Waals surface area contributed by atoms with Crippen LogP contribution in [0.15, 0.2) is 43.0 Å². The molecule has 0 unspecified atom stereocenters. The highest BCUT2D eigenvalue weighted by atomic mass is 16.5. The lowest BCUT2D eigenvalue weighted by Crippen LogP contribution is -2.09. The van der Waals surface area contributed by atoms with Crippen LogP contribution in [-0.2, 0) is 0 Å². The average Bonchev–Trinajstić information content (AvgIpc) is 2.90. The summed E-state index contributed by atoms with van der Waals surface area (Å²) >= 11 is 0. The smallest absolute Gasteiger partial charge is 0.231 e. The summed E-state index contributed by atoms with van der Waals surface area (Å²) in [5, 5.41) is 0. The molecular weight excluding hydrogens is 228 g/mol. The second-order valence-electron chi connectivity index (χ2n) is 4.13. The number of imidazole rings is 1. The van der Waals surface area contributed by atoms with E-state index in [2.05, 4.69) is 4.98 Å². The molecular formula is C14H16N2O2. The van der Waals surface area contributed by atoms with Crippen molar-refractivity contribution in [2.75, 3.05) is 6.61 Å². The van der Waals surface area contributed by atoms with Gasteiger partial charge in [-0.15, -0.1) is 0 Å². The Morgan fingerprint density at radius 3 is 2.78 bits per heavy atom. The molecule has 2 rings (SSSR count). The number of aromatic nitrogens is 2. The van der Waals surface area contributed by atoms with Crippen LogP contribution in [0.3, 0.4) is 0 Å². The number of aryl methyl sites for hydroxylation is 1. The number of carbonyl (C=O) groups excluding carboxylic acids is 1. The van der Waals surface area contributed by atoms with Crippen molar-refractivity contribution in [1.29, 1.82) is 0 Å². The number of hydrogen-bond acceptors (Lipinski definition) is 3. The van der Waals surface area contributed by atoms with Crippen molar-refractivity contribution in [3.8, 4) is 5.75 Å². The van der Waals surface area contributed by atoms with Gasteiger partial charge in [-0.2, -0.15) is 0 Å². The summed E-state index contributed by atoms with van der Waals surface area (Å²) in [6, 6.07) is 7.89. The topological polar surface area (TPSA) is 44.1 Å². The van der Waals surface area contributed by atoms with Crippen LogP contribution in [0.1, 0.15) is 23.2 Å². The predicted molar refractivity (Wildman–Crippen MR) is 68.8 cm³/mol. The van der Waals surface area contributed by atoms with Gasteiger partial charge in [0.25, 0.3) is 0 Å². The zero-order valence-electron chi connectivity index (χ0n) is 10.4. The lowest BCUT2D eigenvalue weighted by atomic mass is 10.2. The SMILES string of the molecule is Cc1ccc(OCCCC(=O)n2ccnc2)cc1. The van der Waals surface area contributed by atoms with Gasteiger partial charge in [0.2, 0.25) is 5.91 Å². The highest BCUT2D eigenvalue weighted by Crippen LogP contribution is 2.11. The largest absolute Gasteiger partial charge is 0.494 e. The Bertz CT molecular complexity index is 489. The molecule has 4 heteroatoms. The van der Waals surface area contributed by atoms with Crippen molar-refractivity contribution in [2.45, 2.75) is 19.8 Å². The Balaban J connectivity index is 1.70. The van der Waals surface area contributed by atoms with Gasteiger partial charge in [0.05, 0.1) is 6.61 Å². The van der Waals surface area contributed by atoms with Crippen LogP contribution in [-0.4, -0.2) is 22.1 Å². The summed E-state index contributed by atoms with van der Waals surface area (Å²) in [6.45, 7) is 2.58. The number of carbonyl (C=O) groups is 1. The minimum absolute atomic E-state index is 0.0417. The number of benzene rings is 1. The molecule has 0 aliphatic carbocycles. The minimum atomic E-state index is 0.0417. The molecule has 18 heavy (non-hydrogen) atoms. The Morgan fingerprint density at radius 2 is 2.11 bits per heavy atom. The maximum atomic E-state index is 11.6. The molecule has 0 saturated heterocycles. The van der Waals surface area contributed by atoms with Gasteiger partial charge in [-0.05, 0) is 25.5 Å². The summed E-state index contributed by atoms with van der Waals surface area (Å²) in [7, 11) is 0. The summed E-state index contributed by atoms with van der Waals surface area (Å²) in [6.07, 6.45) is 5.93. The van der Waals surface area contributed by atoms with E-state index in [1.807, 2.05) is 31.2 Å². The molecule has 2 aromatic rings. The van der Waals surface area contributed by atoms with Crippen LogP contribution in [0.2, 0.25) is 0 Å². The van der Waals surface area contributed by atoms with E-state index in [4.69, 9.17) is 4.74 Å². The molecule has 1 aromatic carbocycles. The molecule has 1 aromatic heterocycles. The number of rotatable bonds is 5. The lowest BCUT2D eigenvalue weighted by molar-refractivity contribution is 0.0893. The number of ether oxygens (including phenoxy) is 1. The van der Waals surface area contributed by atoms with Gasteiger partial charge in [0.1, 0.15) is 12.1 Å². The van der Waals surface area contributed by atoms with Crippen molar-refractivity contribution in [3.63, 3.8) is 0 Å². The van der Waals surface area contributed by atoms with E-state index in [-0.39, 0.29) is 5.91 Å². The van der Waals surface area contributed by atoms with Crippen LogP contribution in [0.4, 0.5) is 0 Å². The maximum Gasteiger partial charge on any atom is 0.231 e. The second-order valence-corrected chi connectivity index (χ2v) is 4.13. The molecule has 0 spiro atoms. The molecule has 0 aliphatic heterocycles. The van der Waals surface area contributed by atoms with Crippen LogP contribution in [0.25, 0.3) is 0 Å². The van der Waals surface area contributed by atoms with Crippen LogP contribution in [0, 0.1) is 6.92 Å². The first-order valence-corrected chi connectivity index (χ1v) is 5.96.